The van der Waals surface area contributed by atoms with Crippen LogP contribution in [0.3, 0.4) is 0 Å². The average molecular weight is 346 g/mol. The second-order valence-corrected chi connectivity index (χ2v) is 6.90. The van der Waals surface area contributed by atoms with Gasteiger partial charge in [-0.05, 0) is 37.2 Å². The Morgan fingerprint density at radius 2 is 1.79 bits per heavy atom. The highest BCUT2D eigenvalue weighted by Crippen LogP contribution is 2.47. The van der Waals surface area contributed by atoms with Crippen LogP contribution < -0.4 is 0 Å². The molecule has 2 aliphatic heterocycles. The Kier molecular flexibility index (Phi) is 5.45. The summed E-state index contributed by atoms with van der Waals surface area (Å²) in [6, 6.07) is 0. The second kappa shape index (κ2) is 7.25. The minimum absolute atomic E-state index is 0.0202. The minimum Gasteiger partial charge on any atom is -0.472 e. The molecule has 0 aromatic rings. The normalized spacial score (nSPS) is 48.6. The molecule has 1 aliphatic carbocycles. The summed E-state index contributed by atoms with van der Waals surface area (Å²) in [7, 11) is 0. The standard InChI is InChI=1S/C16H26O8/c1-7-6-22-15(11-8(4-17)2-3-9(7)11)24-16-14(21)13(20)12(19)10(5-18)23-16/h6,8-21H,2-5H2,1H3/t8-,9-,10+,11-,12+,13-,14+,15+,16-/m1/s1. The Bertz CT molecular complexity index is 467. The largest absolute Gasteiger partial charge is 0.472 e. The summed E-state index contributed by atoms with van der Waals surface area (Å²) in [5.41, 5.74) is 1.09. The molecular formula is C16H26O8. The molecular weight excluding hydrogens is 320 g/mol. The third-order valence-electron chi connectivity index (χ3n) is 5.50. The van der Waals surface area contributed by atoms with Gasteiger partial charge in [0.25, 0.3) is 0 Å². The molecule has 0 bridgehead atoms. The van der Waals surface area contributed by atoms with Gasteiger partial charge in [0, 0.05) is 12.5 Å². The number of allylic oxidation sites excluding steroid dienone is 1. The van der Waals surface area contributed by atoms with E-state index < -0.39 is 43.6 Å². The van der Waals surface area contributed by atoms with Gasteiger partial charge in [-0.25, -0.2) is 0 Å². The highest BCUT2D eigenvalue weighted by atomic mass is 16.8. The zero-order valence-corrected chi connectivity index (χ0v) is 13.6. The summed E-state index contributed by atoms with van der Waals surface area (Å²) in [5, 5.41) is 48.6. The van der Waals surface area contributed by atoms with Crippen molar-refractivity contribution in [1.29, 1.82) is 0 Å². The fraction of sp³-hybridized carbons (Fsp3) is 0.875. The first-order chi connectivity index (χ1) is 11.5. The van der Waals surface area contributed by atoms with Crippen molar-refractivity contribution in [1.82, 2.24) is 0 Å². The molecule has 1 saturated heterocycles. The zero-order chi connectivity index (χ0) is 17.4. The maximum atomic E-state index is 10.1. The van der Waals surface area contributed by atoms with E-state index in [0.717, 1.165) is 18.4 Å². The van der Waals surface area contributed by atoms with Crippen LogP contribution in [0.15, 0.2) is 11.8 Å². The Balaban J connectivity index is 1.74. The molecule has 138 valence electrons. The molecule has 2 fully saturated rings. The number of aliphatic hydroxyl groups excluding tert-OH is 5. The molecule has 0 radical (unpaired) electrons. The van der Waals surface area contributed by atoms with Gasteiger partial charge in [0.15, 0.2) is 6.29 Å². The third kappa shape index (κ3) is 3.08. The molecule has 3 aliphatic rings. The van der Waals surface area contributed by atoms with Crippen LogP contribution in [0, 0.1) is 17.8 Å². The van der Waals surface area contributed by atoms with Crippen molar-refractivity contribution in [2.24, 2.45) is 17.8 Å². The second-order valence-electron chi connectivity index (χ2n) is 6.90. The van der Waals surface area contributed by atoms with Crippen LogP contribution in [-0.4, -0.2) is 75.7 Å². The fourth-order valence-electron chi connectivity index (χ4n) is 4.05. The quantitative estimate of drug-likeness (QED) is 0.425. The number of hydrogen-bond donors (Lipinski definition) is 5. The molecule has 0 amide bonds. The molecule has 24 heavy (non-hydrogen) atoms. The summed E-state index contributed by atoms with van der Waals surface area (Å²) in [6.07, 6.45) is -3.98. The molecule has 0 unspecified atom stereocenters. The highest BCUT2D eigenvalue weighted by Gasteiger charge is 2.50. The fourth-order valence-corrected chi connectivity index (χ4v) is 4.05. The zero-order valence-electron chi connectivity index (χ0n) is 13.6. The average Bonchev–Trinajstić information content (AvgIpc) is 3.02. The van der Waals surface area contributed by atoms with Gasteiger partial charge in [-0.1, -0.05) is 0 Å². The lowest BCUT2D eigenvalue weighted by molar-refractivity contribution is -0.342. The van der Waals surface area contributed by atoms with E-state index in [1.807, 2.05) is 6.92 Å². The summed E-state index contributed by atoms with van der Waals surface area (Å²) in [5.74, 6) is 0.173. The predicted molar refractivity (Wildman–Crippen MR) is 80.3 cm³/mol. The van der Waals surface area contributed by atoms with Gasteiger partial charge in [-0.2, -0.15) is 0 Å². The summed E-state index contributed by atoms with van der Waals surface area (Å²) in [4.78, 5) is 0. The Morgan fingerprint density at radius 1 is 1.04 bits per heavy atom. The lowest BCUT2D eigenvalue weighted by Gasteiger charge is -2.43. The summed E-state index contributed by atoms with van der Waals surface area (Å²) in [6.45, 7) is 1.48. The van der Waals surface area contributed by atoms with Crippen molar-refractivity contribution >= 4 is 0 Å². The van der Waals surface area contributed by atoms with E-state index in [4.69, 9.17) is 14.2 Å². The SMILES string of the molecule is CC1=CO[C@@H](O[C@H]2O[C@@H](CO)[C@H](O)[C@@H](O)[C@@H]2O)[C@@H]2[C@@H](CO)CC[C@H]12. The van der Waals surface area contributed by atoms with Crippen LogP contribution in [0.1, 0.15) is 19.8 Å². The third-order valence-corrected chi connectivity index (χ3v) is 5.50. The number of hydrogen-bond acceptors (Lipinski definition) is 8. The predicted octanol–water partition coefficient (Wildman–Crippen LogP) is -1.30. The minimum atomic E-state index is -1.49. The molecule has 1 saturated carbocycles. The van der Waals surface area contributed by atoms with Crippen molar-refractivity contribution in [2.75, 3.05) is 13.2 Å². The first-order valence-corrected chi connectivity index (χ1v) is 8.36. The van der Waals surface area contributed by atoms with Crippen LogP contribution in [0.2, 0.25) is 0 Å². The van der Waals surface area contributed by atoms with Crippen molar-refractivity contribution < 1.29 is 39.7 Å². The Labute approximate surface area is 140 Å². The van der Waals surface area contributed by atoms with E-state index in [1.54, 1.807) is 6.26 Å². The summed E-state index contributed by atoms with van der Waals surface area (Å²) >= 11 is 0. The molecule has 8 nitrogen and oxygen atoms in total. The number of fused-ring (bicyclic) bond motifs is 1. The van der Waals surface area contributed by atoms with E-state index in [1.165, 1.54) is 0 Å². The lowest BCUT2D eigenvalue weighted by Crippen LogP contribution is -2.60. The van der Waals surface area contributed by atoms with E-state index in [9.17, 15) is 25.5 Å². The van der Waals surface area contributed by atoms with E-state index >= 15 is 0 Å². The van der Waals surface area contributed by atoms with Gasteiger partial charge < -0.3 is 39.7 Å². The maximum Gasteiger partial charge on any atom is 0.205 e. The van der Waals surface area contributed by atoms with Crippen LogP contribution in [0.5, 0.6) is 0 Å². The molecule has 8 heteroatoms. The van der Waals surface area contributed by atoms with Crippen molar-refractivity contribution in [3.63, 3.8) is 0 Å². The van der Waals surface area contributed by atoms with Crippen molar-refractivity contribution in [3.05, 3.63) is 11.8 Å². The van der Waals surface area contributed by atoms with Gasteiger partial charge in [0.2, 0.25) is 6.29 Å². The van der Waals surface area contributed by atoms with Crippen LogP contribution in [0.25, 0.3) is 0 Å². The number of aliphatic hydroxyl groups is 5. The monoisotopic (exact) mass is 346 g/mol. The van der Waals surface area contributed by atoms with Crippen LogP contribution >= 0.6 is 0 Å². The summed E-state index contributed by atoms with van der Waals surface area (Å²) < 4.78 is 16.8. The van der Waals surface area contributed by atoms with Crippen molar-refractivity contribution in [3.8, 4) is 0 Å². The van der Waals surface area contributed by atoms with E-state index in [0.29, 0.717) is 0 Å². The van der Waals surface area contributed by atoms with Gasteiger partial charge >= 0.3 is 0 Å². The Morgan fingerprint density at radius 3 is 2.46 bits per heavy atom. The highest BCUT2D eigenvalue weighted by molar-refractivity contribution is 5.10. The van der Waals surface area contributed by atoms with E-state index in [2.05, 4.69) is 0 Å². The molecule has 5 N–H and O–H groups in total. The molecule has 0 aromatic carbocycles. The molecule has 9 atom stereocenters. The first kappa shape index (κ1) is 18.1. The Hall–Kier alpha value is -0.740. The van der Waals surface area contributed by atoms with Gasteiger partial charge in [0.1, 0.15) is 24.4 Å². The number of ether oxygens (including phenoxy) is 3. The molecule has 2 heterocycles. The topological polar surface area (TPSA) is 129 Å². The lowest BCUT2D eigenvalue weighted by atomic mass is 9.84. The van der Waals surface area contributed by atoms with Gasteiger partial charge in [-0.3, -0.25) is 0 Å². The van der Waals surface area contributed by atoms with Crippen LogP contribution in [0.4, 0.5) is 0 Å². The van der Waals surface area contributed by atoms with Gasteiger partial charge in [0.05, 0.1) is 12.9 Å². The van der Waals surface area contributed by atoms with Gasteiger partial charge in [-0.15, -0.1) is 0 Å². The van der Waals surface area contributed by atoms with E-state index in [-0.39, 0.29) is 24.4 Å². The molecule has 0 spiro atoms. The van der Waals surface area contributed by atoms with Crippen LogP contribution in [-0.2, 0) is 14.2 Å². The molecule has 3 rings (SSSR count). The number of rotatable bonds is 4. The van der Waals surface area contributed by atoms with Crippen molar-refractivity contribution in [2.45, 2.75) is 56.8 Å². The molecule has 0 aromatic heterocycles. The first-order valence-electron chi connectivity index (χ1n) is 8.36. The smallest absolute Gasteiger partial charge is 0.205 e. The maximum absolute atomic E-state index is 10.1.